The van der Waals surface area contributed by atoms with Crippen molar-refractivity contribution in [2.75, 3.05) is 39.3 Å². The Kier molecular flexibility index (Phi) is 4.80. The summed E-state index contributed by atoms with van der Waals surface area (Å²) in [7, 11) is 0. The monoisotopic (exact) mass is 239 g/mol. The summed E-state index contributed by atoms with van der Waals surface area (Å²) in [5.74, 6) is 0.336. The molecule has 98 valence electrons. The summed E-state index contributed by atoms with van der Waals surface area (Å²) < 4.78 is 0. The molecule has 2 saturated heterocycles. The predicted octanol–water partition coefficient (Wildman–Crippen LogP) is 0.683. The lowest BCUT2D eigenvalue weighted by Crippen LogP contribution is -2.45. The fourth-order valence-corrected chi connectivity index (χ4v) is 2.87. The van der Waals surface area contributed by atoms with Crippen molar-refractivity contribution in [3.8, 4) is 0 Å². The molecule has 0 radical (unpaired) electrons. The molecule has 0 aliphatic carbocycles. The Morgan fingerprint density at radius 1 is 1.41 bits per heavy atom. The third kappa shape index (κ3) is 3.42. The zero-order valence-electron chi connectivity index (χ0n) is 11.0. The van der Waals surface area contributed by atoms with Crippen molar-refractivity contribution >= 4 is 5.91 Å². The van der Waals surface area contributed by atoms with Gasteiger partial charge in [-0.15, -0.1) is 0 Å². The zero-order valence-corrected chi connectivity index (χ0v) is 11.0. The van der Waals surface area contributed by atoms with E-state index in [1.54, 1.807) is 0 Å². The van der Waals surface area contributed by atoms with Gasteiger partial charge in [0.2, 0.25) is 5.91 Å². The van der Waals surface area contributed by atoms with Crippen LogP contribution in [0.2, 0.25) is 0 Å². The van der Waals surface area contributed by atoms with Gasteiger partial charge in [0.25, 0.3) is 0 Å². The summed E-state index contributed by atoms with van der Waals surface area (Å²) in [6.07, 6.45) is 4.69. The molecular weight excluding hydrogens is 214 g/mol. The van der Waals surface area contributed by atoms with Gasteiger partial charge in [0.1, 0.15) is 0 Å². The summed E-state index contributed by atoms with van der Waals surface area (Å²) in [6.45, 7) is 7.96. The second-order valence-corrected chi connectivity index (χ2v) is 5.20. The van der Waals surface area contributed by atoms with E-state index >= 15 is 0 Å². The average molecular weight is 239 g/mol. The van der Waals surface area contributed by atoms with Gasteiger partial charge in [-0.05, 0) is 38.8 Å². The smallest absolute Gasteiger partial charge is 0.236 e. The van der Waals surface area contributed by atoms with E-state index < -0.39 is 0 Å². The molecule has 0 bridgehead atoms. The highest BCUT2D eigenvalue weighted by molar-refractivity contribution is 5.78. The maximum absolute atomic E-state index is 12.2. The summed E-state index contributed by atoms with van der Waals surface area (Å²) in [6, 6.07) is 0.571. The molecule has 2 aliphatic rings. The lowest BCUT2D eigenvalue weighted by molar-refractivity contribution is -0.131. The van der Waals surface area contributed by atoms with Crippen molar-refractivity contribution < 1.29 is 4.79 Å². The number of likely N-dealkylation sites (tertiary alicyclic amines) is 1. The van der Waals surface area contributed by atoms with E-state index in [1.807, 2.05) is 4.90 Å². The number of carbonyl (C=O) groups excluding carboxylic acids is 1. The predicted molar refractivity (Wildman–Crippen MR) is 69.0 cm³/mol. The topological polar surface area (TPSA) is 35.6 Å². The molecule has 1 N–H and O–H groups in total. The van der Waals surface area contributed by atoms with Crippen molar-refractivity contribution in [2.45, 2.75) is 38.6 Å². The minimum absolute atomic E-state index is 0.336. The molecule has 0 spiro atoms. The first kappa shape index (κ1) is 12.8. The molecule has 2 heterocycles. The molecule has 2 rings (SSSR count). The van der Waals surface area contributed by atoms with E-state index in [0.29, 0.717) is 18.5 Å². The van der Waals surface area contributed by atoms with Crippen molar-refractivity contribution in [3.05, 3.63) is 0 Å². The molecule has 0 aromatic rings. The molecule has 1 amide bonds. The molecular formula is C13H25N3O. The SMILES string of the molecule is CCCN(CC(=O)N1CCCC1)C1CCNC1. The Labute approximate surface area is 104 Å². The maximum Gasteiger partial charge on any atom is 0.236 e. The first-order valence-corrected chi connectivity index (χ1v) is 7.04. The number of carbonyl (C=O) groups is 1. The van der Waals surface area contributed by atoms with Crippen LogP contribution in [0.4, 0.5) is 0 Å². The van der Waals surface area contributed by atoms with Gasteiger partial charge in [-0.3, -0.25) is 9.69 Å². The van der Waals surface area contributed by atoms with E-state index in [-0.39, 0.29) is 0 Å². The fraction of sp³-hybridized carbons (Fsp3) is 0.923. The Balaban J connectivity index is 1.84. The number of nitrogens with one attached hydrogen (secondary N) is 1. The summed E-state index contributed by atoms with van der Waals surface area (Å²) in [5.41, 5.74) is 0. The molecule has 2 fully saturated rings. The first-order valence-electron chi connectivity index (χ1n) is 7.04. The molecule has 4 heteroatoms. The van der Waals surface area contributed by atoms with Crippen LogP contribution in [0.15, 0.2) is 0 Å². The third-order valence-electron chi connectivity index (χ3n) is 3.86. The van der Waals surface area contributed by atoms with Crippen molar-refractivity contribution in [3.63, 3.8) is 0 Å². The molecule has 0 aromatic carbocycles. The lowest BCUT2D eigenvalue weighted by atomic mass is 10.2. The normalized spacial score (nSPS) is 24.8. The van der Waals surface area contributed by atoms with Crippen molar-refractivity contribution in [1.29, 1.82) is 0 Å². The van der Waals surface area contributed by atoms with E-state index in [1.165, 1.54) is 19.3 Å². The third-order valence-corrected chi connectivity index (χ3v) is 3.86. The van der Waals surface area contributed by atoms with Gasteiger partial charge < -0.3 is 10.2 Å². The van der Waals surface area contributed by atoms with Crippen LogP contribution in [0.3, 0.4) is 0 Å². The lowest BCUT2D eigenvalue weighted by Gasteiger charge is -2.29. The molecule has 4 nitrogen and oxygen atoms in total. The highest BCUT2D eigenvalue weighted by Gasteiger charge is 2.26. The zero-order chi connectivity index (χ0) is 12.1. The number of hydrogen-bond donors (Lipinski definition) is 1. The van der Waals surface area contributed by atoms with Crippen LogP contribution in [-0.2, 0) is 4.79 Å². The van der Waals surface area contributed by atoms with Crippen LogP contribution < -0.4 is 5.32 Å². The Bertz CT molecular complexity index is 245. The maximum atomic E-state index is 12.2. The quantitative estimate of drug-likeness (QED) is 0.766. The minimum Gasteiger partial charge on any atom is -0.342 e. The van der Waals surface area contributed by atoms with Crippen LogP contribution >= 0.6 is 0 Å². The summed E-state index contributed by atoms with van der Waals surface area (Å²) in [4.78, 5) is 16.6. The summed E-state index contributed by atoms with van der Waals surface area (Å²) >= 11 is 0. The Hall–Kier alpha value is -0.610. The fourth-order valence-electron chi connectivity index (χ4n) is 2.87. The first-order chi connectivity index (χ1) is 8.31. The Morgan fingerprint density at radius 2 is 2.18 bits per heavy atom. The van der Waals surface area contributed by atoms with E-state index in [2.05, 4.69) is 17.1 Å². The van der Waals surface area contributed by atoms with Gasteiger partial charge in [0.05, 0.1) is 6.54 Å². The van der Waals surface area contributed by atoms with Crippen molar-refractivity contribution in [1.82, 2.24) is 15.1 Å². The van der Waals surface area contributed by atoms with Crippen molar-refractivity contribution in [2.24, 2.45) is 0 Å². The molecule has 0 saturated carbocycles. The van der Waals surface area contributed by atoms with Crippen LogP contribution in [0.1, 0.15) is 32.6 Å². The summed E-state index contributed by atoms with van der Waals surface area (Å²) in [5, 5.41) is 3.39. The largest absolute Gasteiger partial charge is 0.342 e. The van der Waals surface area contributed by atoms with Gasteiger partial charge in [0.15, 0.2) is 0 Å². The second kappa shape index (κ2) is 6.36. The number of nitrogens with zero attached hydrogens (tertiary/aromatic N) is 2. The Morgan fingerprint density at radius 3 is 2.76 bits per heavy atom. The standard InChI is InChI=1S/C13H25N3O/c1-2-7-16(12-5-6-14-10-12)11-13(17)15-8-3-4-9-15/h12,14H,2-11H2,1H3. The van der Waals surface area contributed by atoms with Crippen LogP contribution in [0, 0.1) is 0 Å². The van der Waals surface area contributed by atoms with Gasteiger partial charge in [-0.1, -0.05) is 6.92 Å². The van der Waals surface area contributed by atoms with E-state index in [0.717, 1.165) is 39.1 Å². The molecule has 1 atom stereocenters. The molecule has 17 heavy (non-hydrogen) atoms. The second-order valence-electron chi connectivity index (χ2n) is 5.20. The van der Waals surface area contributed by atoms with E-state index in [4.69, 9.17) is 0 Å². The van der Waals surface area contributed by atoms with Gasteiger partial charge in [-0.25, -0.2) is 0 Å². The van der Waals surface area contributed by atoms with Crippen LogP contribution in [-0.4, -0.2) is 61.0 Å². The number of hydrogen-bond acceptors (Lipinski definition) is 3. The minimum atomic E-state index is 0.336. The van der Waals surface area contributed by atoms with Gasteiger partial charge in [0, 0.05) is 25.7 Å². The average Bonchev–Trinajstić information content (AvgIpc) is 3.01. The van der Waals surface area contributed by atoms with Crippen LogP contribution in [0.5, 0.6) is 0 Å². The van der Waals surface area contributed by atoms with Gasteiger partial charge >= 0.3 is 0 Å². The van der Waals surface area contributed by atoms with Gasteiger partial charge in [-0.2, -0.15) is 0 Å². The number of amides is 1. The molecule has 0 aromatic heterocycles. The molecule has 2 aliphatic heterocycles. The highest BCUT2D eigenvalue weighted by Crippen LogP contribution is 2.12. The van der Waals surface area contributed by atoms with Crippen LogP contribution in [0.25, 0.3) is 0 Å². The number of rotatable bonds is 5. The molecule has 1 unspecified atom stereocenters. The van der Waals surface area contributed by atoms with E-state index in [9.17, 15) is 4.79 Å². The highest BCUT2D eigenvalue weighted by atomic mass is 16.2.